The molecule has 9 nitrogen and oxygen atoms in total. The van der Waals surface area contributed by atoms with Crippen LogP contribution in [-0.4, -0.2) is 37.6 Å². The van der Waals surface area contributed by atoms with Gasteiger partial charge in [-0.05, 0) is 24.3 Å². The van der Waals surface area contributed by atoms with Crippen molar-refractivity contribution in [3.05, 3.63) is 57.1 Å². The number of rotatable bonds is 7. The summed E-state index contributed by atoms with van der Waals surface area (Å²) >= 11 is 5.69. The Labute approximate surface area is 158 Å². The van der Waals surface area contributed by atoms with Crippen LogP contribution in [0.4, 0.5) is 11.4 Å². The van der Waals surface area contributed by atoms with Gasteiger partial charge in [-0.25, -0.2) is 4.79 Å². The Bertz CT molecular complexity index is 886. The summed E-state index contributed by atoms with van der Waals surface area (Å²) in [6.07, 6.45) is 0. The molecule has 0 aromatic heterocycles. The van der Waals surface area contributed by atoms with E-state index in [-0.39, 0.29) is 10.6 Å². The second-order valence-corrected chi connectivity index (χ2v) is 5.52. The Morgan fingerprint density at radius 1 is 1.15 bits per heavy atom. The van der Waals surface area contributed by atoms with E-state index in [1.165, 1.54) is 26.4 Å². The van der Waals surface area contributed by atoms with Crippen molar-refractivity contribution in [1.82, 2.24) is 0 Å². The van der Waals surface area contributed by atoms with Crippen molar-refractivity contribution < 1.29 is 28.7 Å². The van der Waals surface area contributed by atoms with Crippen LogP contribution in [0.1, 0.15) is 10.4 Å². The van der Waals surface area contributed by atoms with Crippen molar-refractivity contribution in [2.24, 2.45) is 0 Å². The van der Waals surface area contributed by atoms with E-state index in [1.54, 1.807) is 18.2 Å². The van der Waals surface area contributed by atoms with E-state index >= 15 is 0 Å². The minimum absolute atomic E-state index is 0.0992. The molecule has 0 aliphatic rings. The fraction of sp³-hybridized carbons (Fsp3) is 0.176. The number of benzene rings is 2. The molecule has 0 aliphatic carbocycles. The summed E-state index contributed by atoms with van der Waals surface area (Å²) in [5.74, 6) is -0.638. The Morgan fingerprint density at radius 3 is 2.52 bits per heavy atom. The molecule has 0 unspecified atom stereocenters. The van der Waals surface area contributed by atoms with Gasteiger partial charge in [0.05, 0.1) is 30.4 Å². The Hall–Kier alpha value is -3.33. The number of methoxy groups -OCH3 is 2. The normalized spacial score (nSPS) is 10.0. The molecule has 0 saturated carbocycles. The average molecular weight is 395 g/mol. The summed E-state index contributed by atoms with van der Waals surface area (Å²) in [6.45, 7) is -0.602. The SMILES string of the molecule is COc1ccc(OC)c(NC(=O)COC(=O)c2ccc(Cl)c([N+](=O)[O-])c2)c1. The lowest BCUT2D eigenvalue weighted by molar-refractivity contribution is -0.384. The Kier molecular flexibility index (Phi) is 6.56. The summed E-state index contributed by atoms with van der Waals surface area (Å²) in [7, 11) is 2.91. The number of carbonyl (C=O) groups is 2. The van der Waals surface area contributed by atoms with Crippen LogP contribution >= 0.6 is 11.6 Å². The maximum atomic E-state index is 12.0. The number of ether oxygens (including phenoxy) is 3. The quantitative estimate of drug-likeness (QED) is 0.435. The number of hydrogen-bond acceptors (Lipinski definition) is 7. The van der Waals surface area contributed by atoms with Gasteiger partial charge in [-0.1, -0.05) is 11.6 Å². The molecule has 1 amide bonds. The Balaban J connectivity index is 2.03. The maximum absolute atomic E-state index is 12.0. The fourth-order valence-corrected chi connectivity index (χ4v) is 2.28. The second-order valence-electron chi connectivity index (χ2n) is 5.11. The fourth-order valence-electron chi connectivity index (χ4n) is 2.09. The zero-order valence-corrected chi connectivity index (χ0v) is 15.1. The van der Waals surface area contributed by atoms with E-state index in [1.807, 2.05) is 0 Å². The standard InChI is InChI=1S/C17H15ClN2O7/c1-25-11-4-6-15(26-2)13(8-11)19-16(21)9-27-17(22)10-3-5-12(18)14(7-10)20(23)24/h3-8H,9H2,1-2H3,(H,19,21). The van der Waals surface area contributed by atoms with E-state index in [0.717, 1.165) is 6.07 Å². The third kappa shape index (κ3) is 5.08. The van der Waals surface area contributed by atoms with Crippen LogP contribution in [0.3, 0.4) is 0 Å². The number of nitrogens with zero attached hydrogens (tertiary/aromatic N) is 1. The average Bonchev–Trinajstić information content (AvgIpc) is 2.66. The molecule has 0 saturated heterocycles. The summed E-state index contributed by atoms with van der Waals surface area (Å²) in [5, 5.41) is 13.3. The zero-order chi connectivity index (χ0) is 20.0. The minimum atomic E-state index is -0.900. The molecular weight excluding hydrogens is 380 g/mol. The molecule has 0 bridgehead atoms. The van der Waals surface area contributed by atoms with Gasteiger partial charge >= 0.3 is 5.97 Å². The molecule has 0 atom stereocenters. The van der Waals surface area contributed by atoms with E-state index < -0.39 is 29.1 Å². The van der Waals surface area contributed by atoms with Crippen molar-refractivity contribution in [2.45, 2.75) is 0 Å². The molecular formula is C17H15ClN2O7. The number of esters is 1. The van der Waals surface area contributed by atoms with Gasteiger partial charge in [0.1, 0.15) is 16.5 Å². The third-order valence-electron chi connectivity index (χ3n) is 3.39. The highest BCUT2D eigenvalue weighted by atomic mass is 35.5. The van der Waals surface area contributed by atoms with E-state index in [2.05, 4.69) is 5.32 Å². The van der Waals surface area contributed by atoms with Gasteiger partial charge in [-0.15, -0.1) is 0 Å². The molecule has 2 aromatic carbocycles. The monoisotopic (exact) mass is 394 g/mol. The zero-order valence-electron chi connectivity index (χ0n) is 14.4. The first-order valence-electron chi connectivity index (χ1n) is 7.48. The molecule has 27 heavy (non-hydrogen) atoms. The van der Waals surface area contributed by atoms with Crippen LogP contribution in [0.5, 0.6) is 11.5 Å². The second kappa shape index (κ2) is 8.86. The lowest BCUT2D eigenvalue weighted by Gasteiger charge is -2.12. The molecule has 10 heteroatoms. The van der Waals surface area contributed by atoms with E-state index in [0.29, 0.717) is 17.2 Å². The number of nitrogens with one attached hydrogen (secondary N) is 1. The van der Waals surface area contributed by atoms with Gasteiger partial charge in [0, 0.05) is 12.1 Å². The lowest BCUT2D eigenvalue weighted by atomic mass is 10.2. The van der Waals surface area contributed by atoms with Gasteiger partial charge in [-0.2, -0.15) is 0 Å². The van der Waals surface area contributed by atoms with Gasteiger partial charge < -0.3 is 19.5 Å². The van der Waals surface area contributed by atoms with Crippen molar-refractivity contribution in [1.29, 1.82) is 0 Å². The topological polar surface area (TPSA) is 117 Å². The molecule has 0 radical (unpaired) electrons. The van der Waals surface area contributed by atoms with Crippen LogP contribution in [0.15, 0.2) is 36.4 Å². The van der Waals surface area contributed by atoms with Crippen LogP contribution < -0.4 is 14.8 Å². The first-order valence-corrected chi connectivity index (χ1v) is 7.86. The predicted molar refractivity (Wildman–Crippen MR) is 96.6 cm³/mol. The molecule has 0 fully saturated rings. The van der Waals surface area contributed by atoms with Crippen molar-refractivity contribution >= 4 is 34.9 Å². The number of hydrogen-bond donors (Lipinski definition) is 1. The Morgan fingerprint density at radius 2 is 1.89 bits per heavy atom. The van der Waals surface area contributed by atoms with Crippen LogP contribution in [-0.2, 0) is 9.53 Å². The molecule has 0 spiro atoms. The van der Waals surface area contributed by atoms with E-state index in [9.17, 15) is 19.7 Å². The summed E-state index contributed by atoms with van der Waals surface area (Å²) < 4.78 is 15.1. The molecule has 1 N–H and O–H groups in total. The summed E-state index contributed by atoms with van der Waals surface area (Å²) in [4.78, 5) is 34.2. The highest BCUT2D eigenvalue weighted by Gasteiger charge is 2.18. The van der Waals surface area contributed by atoms with Gasteiger partial charge in [0.15, 0.2) is 6.61 Å². The minimum Gasteiger partial charge on any atom is -0.497 e. The van der Waals surface area contributed by atoms with Crippen molar-refractivity contribution in [3.63, 3.8) is 0 Å². The van der Waals surface area contributed by atoms with Crippen LogP contribution in [0, 0.1) is 10.1 Å². The first-order chi connectivity index (χ1) is 12.8. The molecule has 2 rings (SSSR count). The number of nitro benzene ring substituents is 1. The van der Waals surface area contributed by atoms with Gasteiger partial charge in [0.2, 0.25) is 0 Å². The molecule has 0 heterocycles. The van der Waals surface area contributed by atoms with E-state index in [4.69, 9.17) is 25.8 Å². The summed E-state index contributed by atoms with van der Waals surface area (Å²) in [6, 6.07) is 8.25. The number of halogens is 1. The highest BCUT2D eigenvalue weighted by Crippen LogP contribution is 2.29. The summed E-state index contributed by atoms with van der Waals surface area (Å²) in [5.41, 5.74) is -0.199. The van der Waals surface area contributed by atoms with Gasteiger partial charge in [0.25, 0.3) is 11.6 Å². The maximum Gasteiger partial charge on any atom is 0.338 e. The highest BCUT2D eigenvalue weighted by molar-refractivity contribution is 6.32. The van der Waals surface area contributed by atoms with Crippen molar-refractivity contribution in [3.8, 4) is 11.5 Å². The number of anilines is 1. The predicted octanol–water partition coefficient (Wildman–Crippen LogP) is 3.06. The smallest absolute Gasteiger partial charge is 0.338 e. The first kappa shape index (κ1) is 20.0. The molecule has 0 aliphatic heterocycles. The van der Waals surface area contributed by atoms with Crippen LogP contribution in [0.25, 0.3) is 0 Å². The lowest BCUT2D eigenvalue weighted by Crippen LogP contribution is -2.21. The van der Waals surface area contributed by atoms with Gasteiger partial charge in [-0.3, -0.25) is 14.9 Å². The largest absolute Gasteiger partial charge is 0.497 e. The third-order valence-corrected chi connectivity index (χ3v) is 3.71. The number of amides is 1. The number of nitro groups is 1. The van der Waals surface area contributed by atoms with Crippen molar-refractivity contribution in [2.75, 3.05) is 26.1 Å². The van der Waals surface area contributed by atoms with Crippen LogP contribution in [0.2, 0.25) is 5.02 Å². The molecule has 2 aromatic rings. The molecule has 142 valence electrons. The number of carbonyl (C=O) groups excluding carboxylic acids is 2.